The van der Waals surface area contributed by atoms with Gasteiger partial charge in [0, 0.05) is 28.4 Å². The van der Waals surface area contributed by atoms with Crippen molar-refractivity contribution in [2.45, 2.75) is 6.92 Å². The molecule has 0 unspecified atom stereocenters. The fourth-order valence-corrected chi connectivity index (χ4v) is 3.29. The van der Waals surface area contributed by atoms with Crippen LogP contribution in [0.25, 0.3) is 22.6 Å². The molecule has 0 aliphatic heterocycles. The summed E-state index contributed by atoms with van der Waals surface area (Å²) in [6.07, 6.45) is 1.28. The minimum absolute atomic E-state index is 0.101. The Bertz CT molecular complexity index is 1350. The molecule has 31 heavy (non-hydrogen) atoms. The number of aromatic hydroxyl groups is 1. The number of phenolic OH excluding ortho intramolecular Hbond substituents is 1. The van der Waals surface area contributed by atoms with Crippen LogP contribution in [0.2, 0.25) is 5.02 Å². The van der Waals surface area contributed by atoms with Gasteiger partial charge in [-0.3, -0.25) is 15.1 Å². The van der Waals surface area contributed by atoms with Gasteiger partial charge >= 0.3 is 5.69 Å². The molecule has 0 bridgehead atoms. The third-order valence-electron chi connectivity index (χ3n) is 4.59. The Morgan fingerprint density at radius 2 is 2.03 bits per heavy atom. The second-order valence-corrected chi connectivity index (χ2v) is 7.19. The van der Waals surface area contributed by atoms with Crippen molar-refractivity contribution < 1.29 is 19.2 Å². The standard InChI is InChI=1S/C22H16ClN3O5/c1-12-3-5-20-17(7-12)25-22(31-20)13-4-6-19(30-2)16(9-13)24-11-14-8-15(23)10-18(21(14)27)26(28)29/h3-11,27H,1-2H3. The van der Waals surface area contributed by atoms with Crippen LogP contribution in [-0.4, -0.2) is 28.3 Å². The van der Waals surface area contributed by atoms with Crippen LogP contribution in [0.15, 0.2) is 57.9 Å². The van der Waals surface area contributed by atoms with E-state index in [-0.39, 0.29) is 10.6 Å². The number of rotatable bonds is 5. The summed E-state index contributed by atoms with van der Waals surface area (Å²) in [7, 11) is 1.50. The molecule has 4 rings (SSSR count). The third kappa shape index (κ3) is 4.06. The van der Waals surface area contributed by atoms with Crippen molar-refractivity contribution in [3.8, 4) is 23.0 Å². The number of methoxy groups -OCH3 is 1. The Morgan fingerprint density at radius 1 is 1.23 bits per heavy atom. The first-order chi connectivity index (χ1) is 14.9. The number of fused-ring (bicyclic) bond motifs is 1. The lowest BCUT2D eigenvalue weighted by molar-refractivity contribution is -0.385. The molecule has 0 saturated carbocycles. The zero-order valence-corrected chi connectivity index (χ0v) is 17.3. The van der Waals surface area contributed by atoms with Crippen LogP contribution < -0.4 is 4.74 Å². The largest absolute Gasteiger partial charge is 0.502 e. The van der Waals surface area contributed by atoms with Crippen LogP contribution in [0.5, 0.6) is 11.5 Å². The predicted octanol–water partition coefficient (Wildman–Crippen LogP) is 5.83. The molecule has 1 N–H and O–H groups in total. The highest BCUT2D eigenvalue weighted by Gasteiger charge is 2.18. The number of benzene rings is 3. The van der Waals surface area contributed by atoms with Crippen molar-refractivity contribution in [2.75, 3.05) is 7.11 Å². The van der Waals surface area contributed by atoms with Gasteiger partial charge in [0.05, 0.1) is 12.0 Å². The first kappa shape index (κ1) is 20.4. The summed E-state index contributed by atoms with van der Waals surface area (Å²) >= 11 is 5.94. The minimum atomic E-state index is -0.714. The normalized spacial score (nSPS) is 11.3. The molecule has 0 aliphatic carbocycles. The van der Waals surface area contributed by atoms with E-state index in [0.29, 0.717) is 28.5 Å². The summed E-state index contributed by atoms with van der Waals surface area (Å²) in [4.78, 5) is 19.3. The zero-order chi connectivity index (χ0) is 22.1. The molecule has 4 aromatic rings. The first-order valence-corrected chi connectivity index (χ1v) is 9.50. The lowest BCUT2D eigenvalue weighted by Gasteiger charge is -2.06. The molecule has 1 heterocycles. The van der Waals surface area contributed by atoms with Gasteiger partial charge in [0.1, 0.15) is 17.0 Å². The molecule has 0 radical (unpaired) electrons. The average molecular weight is 438 g/mol. The number of aliphatic imine (C=N–C) groups is 1. The van der Waals surface area contributed by atoms with E-state index < -0.39 is 16.4 Å². The van der Waals surface area contributed by atoms with Crippen molar-refractivity contribution >= 4 is 40.3 Å². The number of halogens is 1. The van der Waals surface area contributed by atoms with E-state index in [9.17, 15) is 15.2 Å². The summed E-state index contributed by atoms with van der Waals surface area (Å²) in [5.74, 6) is 0.353. The summed E-state index contributed by atoms with van der Waals surface area (Å²) in [5, 5.41) is 21.4. The van der Waals surface area contributed by atoms with Gasteiger partial charge in [0.2, 0.25) is 11.6 Å². The number of aromatic nitrogens is 1. The first-order valence-electron chi connectivity index (χ1n) is 9.12. The number of ether oxygens (including phenoxy) is 1. The van der Waals surface area contributed by atoms with Gasteiger partial charge < -0.3 is 14.3 Å². The van der Waals surface area contributed by atoms with E-state index in [1.54, 1.807) is 18.2 Å². The fraction of sp³-hybridized carbons (Fsp3) is 0.0909. The van der Waals surface area contributed by atoms with Gasteiger partial charge in [0.15, 0.2) is 5.58 Å². The van der Waals surface area contributed by atoms with E-state index in [1.165, 1.54) is 19.4 Å². The molecular formula is C22H16ClN3O5. The number of hydrogen-bond donors (Lipinski definition) is 1. The highest BCUT2D eigenvalue weighted by atomic mass is 35.5. The second kappa shape index (κ2) is 8.08. The van der Waals surface area contributed by atoms with E-state index in [4.69, 9.17) is 20.8 Å². The van der Waals surface area contributed by atoms with Crippen molar-refractivity contribution in [3.63, 3.8) is 0 Å². The van der Waals surface area contributed by atoms with Crippen molar-refractivity contribution in [2.24, 2.45) is 4.99 Å². The molecule has 0 fully saturated rings. The SMILES string of the molecule is COc1ccc(-c2nc3cc(C)ccc3o2)cc1N=Cc1cc(Cl)cc([N+](=O)[O-])c1O. The third-order valence-corrected chi connectivity index (χ3v) is 4.81. The summed E-state index contributed by atoms with van der Waals surface area (Å²) in [5.41, 5.74) is 3.16. The van der Waals surface area contributed by atoms with Crippen molar-refractivity contribution in [3.05, 3.63) is 74.8 Å². The van der Waals surface area contributed by atoms with Gasteiger partial charge in [-0.15, -0.1) is 0 Å². The zero-order valence-electron chi connectivity index (χ0n) is 16.5. The predicted molar refractivity (Wildman–Crippen MR) is 118 cm³/mol. The maximum atomic E-state index is 11.1. The molecule has 3 aromatic carbocycles. The lowest BCUT2D eigenvalue weighted by Crippen LogP contribution is -1.93. The molecular weight excluding hydrogens is 422 g/mol. The summed E-state index contributed by atoms with van der Waals surface area (Å²) in [6, 6.07) is 13.4. The number of oxazole rings is 1. The molecule has 9 heteroatoms. The smallest absolute Gasteiger partial charge is 0.312 e. The second-order valence-electron chi connectivity index (χ2n) is 6.75. The van der Waals surface area contributed by atoms with E-state index in [2.05, 4.69) is 9.98 Å². The Morgan fingerprint density at radius 3 is 2.77 bits per heavy atom. The van der Waals surface area contributed by atoms with Crippen LogP contribution in [0.1, 0.15) is 11.1 Å². The molecule has 0 saturated heterocycles. The molecule has 0 aliphatic rings. The van der Waals surface area contributed by atoms with Crippen LogP contribution in [0.4, 0.5) is 11.4 Å². The van der Waals surface area contributed by atoms with Crippen molar-refractivity contribution in [1.29, 1.82) is 0 Å². The van der Waals surface area contributed by atoms with Gasteiger partial charge in [-0.1, -0.05) is 17.7 Å². The summed E-state index contributed by atoms with van der Waals surface area (Å²) in [6.45, 7) is 1.98. The Kier molecular flexibility index (Phi) is 5.31. The average Bonchev–Trinajstić information content (AvgIpc) is 3.16. The maximum absolute atomic E-state index is 11.1. The van der Waals surface area contributed by atoms with Gasteiger partial charge in [-0.25, -0.2) is 4.98 Å². The number of nitrogens with zero attached hydrogens (tertiary/aromatic N) is 3. The van der Waals surface area contributed by atoms with Crippen LogP contribution >= 0.6 is 11.6 Å². The Balaban J connectivity index is 1.76. The van der Waals surface area contributed by atoms with Crippen molar-refractivity contribution in [1.82, 2.24) is 4.98 Å². The number of phenols is 1. The molecule has 0 atom stereocenters. The van der Waals surface area contributed by atoms with Gasteiger partial charge in [-0.05, 0) is 48.9 Å². The molecule has 0 amide bonds. The van der Waals surface area contributed by atoms with Gasteiger partial charge in [-0.2, -0.15) is 0 Å². The number of aryl methyl sites for hydroxylation is 1. The maximum Gasteiger partial charge on any atom is 0.312 e. The molecule has 1 aromatic heterocycles. The van der Waals surface area contributed by atoms with E-state index >= 15 is 0 Å². The Labute approximate surface area is 181 Å². The van der Waals surface area contributed by atoms with Crippen LogP contribution in [0, 0.1) is 17.0 Å². The number of hydrogen-bond acceptors (Lipinski definition) is 7. The monoisotopic (exact) mass is 437 g/mol. The molecule has 8 nitrogen and oxygen atoms in total. The topological polar surface area (TPSA) is 111 Å². The fourth-order valence-electron chi connectivity index (χ4n) is 3.07. The summed E-state index contributed by atoms with van der Waals surface area (Å²) < 4.78 is 11.2. The van der Waals surface area contributed by atoms with E-state index in [1.807, 2.05) is 25.1 Å². The highest BCUT2D eigenvalue weighted by Crippen LogP contribution is 2.36. The lowest BCUT2D eigenvalue weighted by atomic mass is 10.1. The molecule has 156 valence electrons. The Hall–Kier alpha value is -3.91. The molecule has 0 spiro atoms. The van der Waals surface area contributed by atoms with Crippen LogP contribution in [-0.2, 0) is 0 Å². The van der Waals surface area contributed by atoms with Gasteiger partial charge in [0.25, 0.3) is 0 Å². The highest BCUT2D eigenvalue weighted by molar-refractivity contribution is 6.31. The quantitative estimate of drug-likeness (QED) is 0.239. The minimum Gasteiger partial charge on any atom is -0.502 e. The number of nitro benzene ring substituents is 1. The van der Waals surface area contributed by atoms with Crippen LogP contribution in [0.3, 0.4) is 0 Å². The number of nitro groups is 1. The van der Waals surface area contributed by atoms with E-state index in [0.717, 1.165) is 17.1 Å².